The fourth-order valence-corrected chi connectivity index (χ4v) is 5.31. The summed E-state index contributed by atoms with van der Waals surface area (Å²) in [5, 5.41) is 6.93. The number of methoxy groups -OCH3 is 2. The number of nitrogens with zero attached hydrogens (tertiary/aromatic N) is 3. The number of piperidine rings is 2. The van der Waals surface area contributed by atoms with Gasteiger partial charge in [0.2, 0.25) is 0 Å². The minimum Gasteiger partial charge on any atom is -0.493 e. The molecule has 0 bridgehead atoms. The Balaban J connectivity index is 0.00000124. The van der Waals surface area contributed by atoms with Crippen LogP contribution in [0.25, 0.3) is 10.9 Å². The van der Waals surface area contributed by atoms with Gasteiger partial charge in [0.1, 0.15) is 0 Å². The number of rotatable bonds is 5. The molecule has 1 aromatic heterocycles. The normalized spacial score (nSPS) is 20.6. The Hall–Kier alpha value is -1.70. The van der Waals surface area contributed by atoms with Gasteiger partial charge in [0.15, 0.2) is 11.5 Å². The van der Waals surface area contributed by atoms with Gasteiger partial charge in [-0.25, -0.2) is 4.31 Å². The zero-order valence-corrected chi connectivity index (χ0v) is 19.6. The third kappa shape index (κ3) is 4.95. The molecule has 1 aromatic carbocycles. The van der Waals surface area contributed by atoms with Crippen LogP contribution in [0.15, 0.2) is 24.4 Å². The highest BCUT2D eigenvalue weighted by atomic mass is 32.2. The van der Waals surface area contributed by atoms with E-state index < -0.39 is 0 Å². The Morgan fingerprint density at radius 1 is 1.00 bits per heavy atom. The summed E-state index contributed by atoms with van der Waals surface area (Å²) in [6, 6.07) is 6.15. The van der Waals surface area contributed by atoms with Crippen molar-refractivity contribution in [2.24, 2.45) is 17.0 Å². The molecular weight excluding hydrogens is 396 g/mol. The summed E-state index contributed by atoms with van der Waals surface area (Å²) in [5.74, 6) is 3.05. The summed E-state index contributed by atoms with van der Waals surface area (Å²) < 4.78 is 13.3. The Morgan fingerprint density at radius 2 is 1.70 bits per heavy atom. The lowest BCUT2D eigenvalue weighted by Gasteiger charge is -2.41. The lowest BCUT2D eigenvalue weighted by atomic mass is 9.80. The molecule has 3 heterocycles. The van der Waals surface area contributed by atoms with Gasteiger partial charge in [0.25, 0.3) is 0 Å². The predicted octanol–water partition coefficient (Wildman–Crippen LogP) is 4.73. The lowest BCUT2D eigenvalue weighted by molar-refractivity contribution is 0.184. The van der Waals surface area contributed by atoms with Crippen LogP contribution < -0.4 is 19.5 Å². The van der Waals surface area contributed by atoms with E-state index in [1.807, 2.05) is 26.1 Å². The summed E-state index contributed by atoms with van der Waals surface area (Å²) in [6.45, 7) is 8.45. The van der Waals surface area contributed by atoms with Gasteiger partial charge >= 0.3 is 0 Å². The highest BCUT2D eigenvalue weighted by molar-refractivity contribution is 7.94. The van der Waals surface area contributed by atoms with Crippen molar-refractivity contribution in [2.45, 2.75) is 39.5 Å². The molecule has 2 aliphatic heterocycles. The molecule has 0 amide bonds. The maximum Gasteiger partial charge on any atom is 0.162 e. The van der Waals surface area contributed by atoms with E-state index in [9.17, 15) is 0 Å². The monoisotopic (exact) mass is 432 g/mol. The van der Waals surface area contributed by atoms with Crippen molar-refractivity contribution >= 4 is 28.7 Å². The molecule has 0 spiro atoms. The quantitative estimate of drug-likeness (QED) is 0.685. The molecule has 7 heteroatoms. The van der Waals surface area contributed by atoms with Gasteiger partial charge in [-0.05, 0) is 49.7 Å². The Kier molecular flexibility index (Phi) is 8.48. The van der Waals surface area contributed by atoms with Gasteiger partial charge in [-0.2, -0.15) is 0 Å². The van der Waals surface area contributed by atoms with Crippen LogP contribution in [0.3, 0.4) is 0 Å². The van der Waals surface area contributed by atoms with Crippen LogP contribution in [-0.4, -0.2) is 49.7 Å². The topological polar surface area (TPSA) is 63.9 Å². The number of hydrogen-bond donors (Lipinski definition) is 1. The Morgan fingerprint density at radius 3 is 2.37 bits per heavy atom. The van der Waals surface area contributed by atoms with Crippen LogP contribution in [0.2, 0.25) is 0 Å². The molecule has 2 fully saturated rings. The Labute approximate surface area is 185 Å². The van der Waals surface area contributed by atoms with Gasteiger partial charge in [0.05, 0.1) is 19.7 Å². The van der Waals surface area contributed by atoms with Crippen LogP contribution in [0.5, 0.6) is 11.5 Å². The van der Waals surface area contributed by atoms with Crippen molar-refractivity contribution in [1.29, 1.82) is 0 Å². The number of aromatic nitrogens is 1. The number of nitrogens with two attached hydrogens (primary N) is 1. The summed E-state index contributed by atoms with van der Waals surface area (Å²) in [7, 11) is 3.34. The number of pyridine rings is 1. The second-order valence-corrected chi connectivity index (χ2v) is 8.50. The van der Waals surface area contributed by atoms with Gasteiger partial charge in [-0.3, -0.25) is 10.1 Å². The third-order valence-electron chi connectivity index (χ3n) is 6.34. The molecule has 1 atom stereocenters. The van der Waals surface area contributed by atoms with Crippen LogP contribution in [0, 0.1) is 11.8 Å². The van der Waals surface area contributed by atoms with E-state index in [-0.39, 0.29) is 0 Å². The van der Waals surface area contributed by atoms with Crippen molar-refractivity contribution < 1.29 is 9.47 Å². The van der Waals surface area contributed by atoms with Crippen molar-refractivity contribution in [3.63, 3.8) is 0 Å². The number of ether oxygens (including phenoxy) is 2. The first kappa shape index (κ1) is 23.0. The number of anilines is 1. The number of benzene rings is 1. The van der Waals surface area contributed by atoms with Gasteiger partial charge in [0, 0.05) is 61.6 Å². The minimum absolute atomic E-state index is 0.720. The zero-order valence-electron chi connectivity index (χ0n) is 18.8. The van der Waals surface area contributed by atoms with E-state index in [2.05, 4.69) is 26.3 Å². The molecule has 30 heavy (non-hydrogen) atoms. The first-order valence-corrected chi connectivity index (χ1v) is 11.9. The fourth-order valence-electron chi connectivity index (χ4n) is 4.80. The van der Waals surface area contributed by atoms with Crippen LogP contribution >= 0.6 is 12.1 Å². The zero-order chi connectivity index (χ0) is 21.5. The van der Waals surface area contributed by atoms with E-state index in [1.54, 1.807) is 14.2 Å². The standard InChI is InChI=1S/C21H30N4O2S.C2H6/c1-26-20-12-17-18(13-21(20)27-2)23-8-5-19(17)24-10-6-15(7-11-24)16-4-3-9-25(14-16)28-22;1-2/h5,8,12-13,15-16H,3-4,6-7,9-11,14,22H2,1-2H3;1-2H3. The van der Waals surface area contributed by atoms with Crippen LogP contribution in [0.4, 0.5) is 5.69 Å². The molecule has 166 valence electrons. The highest BCUT2D eigenvalue weighted by Gasteiger charge is 2.30. The smallest absolute Gasteiger partial charge is 0.162 e. The first-order chi connectivity index (χ1) is 14.7. The van der Waals surface area contributed by atoms with E-state index >= 15 is 0 Å². The second kappa shape index (κ2) is 11.1. The summed E-state index contributed by atoms with van der Waals surface area (Å²) in [5.41, 5.74) is 2.19. The maximum atomic E-state index is 5.80. The van der Waals surface area contributed by atoms with Gasteiger partial charge in [-0.15, -0.1) is 0 Å². The molecule has 2 saturated heterocycles. The predicted molar refractivity (Wildman–Crippen MR) is 127 cm³/mol. The molecular formula is C23H36N4O2S. The molecule has 0 radical (unpaired) electrons. The molecule has 2 N–H and O–H groups in total. The van der Waals surface area contributed by atoms with Gasteiger partial charge in [-0.1, -0.05) is 13.8 Å². The van der Waals surface area contributed by atoms with Crippen LogP contribution in [0.1, 0.15) is 39.5 Å². The molecule has 4 rings (SSSR count). The molecule has 2 aromatic rings. The Bertz CT molecular complexity index is 811. The summed E-state index contributed by atoms with van der Waals surface area (Å²) >= 11 is 1.41. The average Bonchev–Trinajstić information content (AvgIpc) is 2.84. The van der Waals surface area contributed by atoms with Crippen molar-refractivity contribution in [1.82, 2.24) is 9.29 Å². The molecule has 2 aliphatic rings. The number of hydrogen-bond acceptors (Lipinski definition) is 7. The molecule has 1 unspecified atom stereocenters. The van der Waals surface area contributed by atoms with Crippen molar-refractivity contribution in [2.75, 3.05) is 45.3 Å². The number of fused-ring (bicyclic) bond motifs is 1. The fraction of sp³-hybridized carbons (Fsp3) is 0.609. The molecule has 6 nitrogen and oxygen atoms in total. The lowest BCUT2D eigenvalue weighted by Crippen LogP contribution is -2.41. The van der Waals surface area contributed by atoms with Crippen LogP contribution in [-0.2, 0) is 0 Å². The van der Waals surface area contributed by atoms with Crippen molar-refractivity contribution in [3.05, 3.63) is 24.4 Å². The van der Waals surface area contributed by atoms with Gasteiger partial charge < -0.3 is 14.4 Å². The third-order valence-corrected chi connectivity index (χ3v) is 6.97. The SMILES string of the molecule is CC.COc1cc2nccc(N3CCC(C4CCCN(SN)C4)CC3)c2cc1OC. The highest BCUT2D eigenvalue weighted by Crippen LogP contribution is 2.38. The van der Waals surface area contributed by atoms with E-state index in [4.69, 9.17) is 14.6 Å². The average molecular weight is 433 g/mol. The van der Waals surface area contributed by atoms with E-state index in [0.29, 0.717) is 0 Å². The first-order valence-electron chi connectivity index (χ1n) is 11.1. The minimum atomic E-state index is 0.720. The molecule has 0 saturated carbocycles. The maximum absolute atomic E-state index is 5.80. The van der Waals surface area contributed by atoms with E-state index in [0.717, 1.165) is 60.4 Å². The summed E-state index contributed by atoms with van der Waals surface area (Å²) in [4.78, 5) is 7.05. The van der Waals surface area contributed by atoms with Crippen molar-refractivity contribution in [3.8, 4) is 11.5 Å². The summed E-state index contributed by atoms with van der Waals surface area (Å²) in [6.07, 6.45) is 6.99. The van der Waals surface area contributed by atoms with E-state index in [1.165, 1.54) is 43.5 Å². The largest absolute Gasteiger partial charge is 0.493 e. The molecule has 0 aliphatic carbocycles. The second-order valence-electron chi connectivity index (χ2n) is 7.77.